The first-order valence-electron chi connectivity index (χ1n) is 8.82. The molecule has 0 radical (unpaired) electrons. The van der Waals surface area contributed by atoms with Gasteiger partial charge in [-0.2, -0.15) is 0 Å². The van der Waals surface area contributed by atoms with Crippen LogP contribution in [0.2, 0.25) is 0 Å². The molecule has 5 nitrogen and oxygen atoms in total. The zero-order valence-corrected chi connectivity index (χ0v) is 14.5. The van der Waals surface area contributed by atoms with E-state index < -0.39 is 0 Å². The summed E-state index contributed by atoms with van der Waals surface area (Å²) >= 11 is 0. The van der Waals surface area contributed by atoms with Crippen molar-refractivity contribution in [3.05, 3.63) is 78.5 Å². The van der Waals surface area contributed by atoms with Crippen LogP contribution in [0.15, 0.2) is 67.4 Å². The molecule has 0 unspecified atom stereocenters. The zero-order chi connectivity index (χ0) is 17.8. The first kappa shape index (κ1) is 16.4. The lowest BCUT2D eigenvalue weighted by molar-refractivity contribution is -0.129. The van der Waals surface area contributed by atoms with Gasteiger partial charge in [-0.25, -0.2) is 0 Å². The van der Waals surface area contributed by atoms with Gasteiger partial charge < -0.3 is 4.90 Å². The second-order valence-corrected chi connectivity index (χ2v) is 6.57. The normalized spacial score (nSPS) is 16.6. The minimum absolute atomic E-state index is 0.170. The van der Waals surface area contributed by atoms with Crippen LogP contribution in [0.3, 0.4) is 0 Å². The molecule has 4 rings (SSSR count). The number of nitrogens with zero attached hydrogens (tertiary/aromatic N) is 4. The predicted molar refractivity (Wildman–Crippen MR) is 99.3 cm³/mol. The Balaban J connectivity index is 1.45. The van der Waals surface area contributed by atoms with E-state index in [-0.39, 0.29) is 5.91 Å². The molecule has 0 N–H and O–H groups in total. The third kappa shape index (κ3) is 3.61. The molecule has 4 heterocycles. The monoisotopic (exact) mass is 344 g/mol. The van der Waals surface area contributed by atoms with Gasteiger partial charge in [-0.05, 0) is 47.9 Å². The summed E-state index contributed by atoms with van der Waals surface area (Å²) < 4.78 is 0. The van der Waals surface area contributed by atoms with Crippen molar-refractivity contribution in [2.45, 2.75) is 18.8 Å². The lowest BCUT2D eigenvalue weighted by atomic mass is 9.97. The molecule has 1 fully saturated rings. The Morgan fingerprint density at radius 2 is 1.96 bits per heavy atom. The number of hydrogen-bond acceptors (Lipinski definition) is 4. The first-order valence-corrected chi connectivity index (χ1v) is 8.82. The number of likely N-dealkylation sites (tertiary alicyclic amines) is 1. The number of amides is 1. The lowest BCUT2D eigenvalue weighted by Gasteiger charge is -2.17. The Kier molecular flexibility index (Phi) is 4.69. The smallest absolute Gasteiger partial charge is 0.227 e. The van der Waals surface area contributed by atoms with Crippen molar-refractivity contribution in [3.8, 4) is 11.3 Å². The van der Waals surface area contributed by atoms with E-state index in [2.05, 4.69) is 27.1 Å². The molecule has 130 valence electrons. The van der Waals surface area contributed by atoms with Crippen LogP contribution in [0.5, 0.6) is 0 Å². The summed E-state index contributed by atoms with van der Waals surface area (Å²) in [4.78, 5) is 27.1. The summed E-state index contributed by atoms with van der Waals surface area (Å²) in [5.74, 6) is 0.528. The fraction of sp³-hybridized carbons (Fsp3) is 0.238. The van der Waals surface area contributed by atoms with Crippen molar-refractivity contribution < 1.29 is 4.79 Å². The third-order valence-electron chi connectivity index (χ3n) is 4.85. The number of carbonyl (C=O) groups excluding carboxylic acids is 1. The molecule has 5 heteroatoms. The van der Waals surface area contributed by atoms with Crippen molar-refractivity contribution >= 4 is 5.91 Å². The van der Waals surface area contributed by atoms with E-state index in [0.29, 0.717) is 12.3 Å². The molecule has 1 amide bonds. The summed E-state index contributed by atoms with van der Waals surface area (Å²) in [7, 11) is 0. The lowest BCUT2D eigenvalue weighted by Crippen LogP contribution is -2.29. The molecule has 3 aromatic heterocycles. The maximum absolute atomic E-state index is 12.6. The molecule has 0 aromatic carbocycles. The van der Waals surface area contributed by atoms with Gasteiger partial charge in [0, 0.05) is 55.6 Å². The van der Waals surface area contributed by atoms with Gasteiger partial charge in [0.2, 0.25) is 5.91 Å². The van der Waals surface area contributed by atoms with E-state index in [4.69, 9.17) is 0 Å². The Morgan fingerprint density at radius 1 is 1.08 bits per heavy atom. The second kappa shape index (κ2) is 7.44. The molecule has 0 aliphatic carbocycles. The summed E-state index contributed by atoms with van der Waals surface area (Å²) in [5, 5.41) is 0. The van der Waals surface area contributed by atoms with Gasteiger partial charge in [0.25, 0.3) is 0 Å². The Bertz CT molecular complexity index is 883. The fourth-order valence-electron chi connectivity index (χ4n) is 3.43. The Hall–Kier alpha value is -3.08. The van der Waals surface area contributed by atoms with E-state index in [9.17, 15) is 4.79 Å². The zero-order valence-electron chi connectivity index (χ0n) is 14.5. The first-order chi connectivity index (χ1) is 12.8. The molecule has 0 bridgehead atoms. The van der Waals surface area contributed by atoms with E-state index in [0.717, 1.165) is 36.3 Å². The van der Waals surface area contributed by atoms with Crippen LogP contribution in [0.1, 0.15) is 23.5 Å². The maximum Gasteiger partial charge on any atom is 0.227 e. The maximum atomic E-state index is 12.6. The second-order valence-electron chi connectivity index (χ2n) is 6.57. The van der Waals surface area contributed by atoms with Gasteiger partial charge in [-0.3, -0.25) is 19.7 Å². The van der Waals surface area contributed by atoms with Crippen LogP contribution >= 0.6 is 0 Å². The van der Waals surface area contributed by atoms with Crippen molar-refractivity contribution in [2.75, 3.05) is 13.1 Å². The molecule has 3 aromatic rings. The SMILES string of the molecule is O=C(Cc1cccnc1)N1CC[C@H](c2ccnc(-c3ccncc3)c2)C1. The average molecular weight is 344 g/mol. The van der Waals surface area contributed by atoms with Gasteiger partial charge in [-0.1, -0.05) is 6.07 Å². The Labute approximate surface area is 152 Å². The van der Waals surface area contributed by atoms with Gasteiger partial charge in [0.1, 0.15) is 0 Å². The minimum Gasteiger partial charge on any atom is -0.342 e. The van der Waals surface area contributed by atoms with Crippen molar-refractivity contribution in [1.29, 1.82) is 0 Å². The predicted octanol–water partition coefficient (Wildman–Crippen LogP) is 3.10. The van der Waals surface area contributed by atoms with Crippen LogP contribution in [0, 0.1) is 0 Å². The fourth-order valence-corrected chi connectivity index (χ4v) is 3.43. The molecule has 1 atom stereocenters. The molecule has 0 spiro atoms. The van der Waals surface area contributed by atoms with Gasteiger partial charge in [0.05, 0.1) is 12.1 Å². The summed E-state index contributed by atoms with van der Waals surface area (Å²) in [6, 6.07) is 11.9. The summed E-state index contributed by atoms with van der Waals surface area (Å²) in [6.45, 7) is 1.57. The van der Waals surface area contributed by atoms with E-state index >= 15 is 0 Å². The highest BCUT2D eigenvalue weighted by molar-refractivity contribution is 5.79. The van der Waals surface area contributed by atoms with Gasteiger partial charge >= 0.3 is 0 Å². The quantitative estimate of drug-likeness (QED) is 0.730. The van der Waals surface area contributed by atoms with Crippen LogP contribution in [-0.4, -0.2) is 38.8 Å². The number of hydrogen-bond donors (Lipinski definition) is 0. The highest BCUT2D eigenvalue weighted by atomic mass is 16.2. The van der Waals surface area contributed by atoms with Crippen LogP contribution in [-0.2, 0) is 11.2 Å². The van der Waals surface area contributed by atoms with Gasteiger partial charge in [0.15, 0.2) is 0 Å². The molecule has 1 saturated heterocycles. The van der Waals surface area contributed by atoms with Crippen molar-refractivity contribution in [1.82, 2.24) is 19.9 Å². The minimum atomic E-state index is 0.170. The number of pyridine rings is 3. The summed E-state index contributed by atoms with van der Waals surface area (Å²) in [5.41, 5.74) is 4.21. The average Bonchev–Trinajstić information content (AvgIpc) is 3.20. The van der Waals surface area contributed by atoms with Gasteiger partial charge in [-0.15, -0.1) is 0 Å². The summed E-state index contributed by atoms with van der Waals surface area (Å²) in [6.07, 6.45) is 10.3. The van der Waals surface area contributed by atoms with E-state index in [1.165, 1.54) is 5.56 Å². The Morgan fingerprint density at radius 3 is 2.77 bits per heavy atom. The highest BCUT2D eigenvalue weighted by Crippen LogP contribution is 2.29. The number of rotatable bonds is 4. The molecule has 1 aliphatic heterocycles. The van der Waals surface area contributed by atoms with Crippen LogP contribution in [0.4, 0.5) is 0 Å². The topological polar surface area (TPSA) is 59.0 Å². The molecule has 26 heavy (non-hydrogen) atoms. The molecular formula is C21H20N4O. The number of carbonyl (C=O) groups is 1. The van der Waals surface area contributed by atoms with Crippen molar-refractivity contribution in [3.63, 3.8) is 0 Å². The largest absolute Gasteiger partial charge is 0.342 e. The van der Waals surface area contributed by atoms with Crippen LogP contribution in [0.25, 0.3) is 11.3 Å². The third-order valence-corrected chi connectivity index (χ3v) is 4.85. The standard InChI is InChI=1S/C21H20N4O/c26-21(12-16-2-1-7-23-14-16)25-11-6-19(15-25)18-5-10-24-20(13-18)17-3-8-22-9-4-17/h1-5,7-10,13-14,19H,6,11-12,15H2/t19-/m0/s1. The van der Waals surface area contributed by atoms with E-state index in [1.807, 2.05) is 35.4 Å². The highest BCUT2D eigenvalue weighted by Gasteiger charge is 2.27. The number of aromatic nitrogens is 3. The van der Waals surface area contributed by atoms with E-state index in [1.54, 1.807) is 24.8 Å². The molecule has 1 aliphatic rings. The van der Waals surface area contributed by atoms with Crippen molar-refractivity contribution in [2.24, 2.45) is 0 Å². The molecular weight excluding hydrogens is 324 g/mol. The van der Waals surface area contributed by atoms with Crippen LogP contribution < -0.4 is 0 Å². The molecule has 0 saturated carbocycles.